The SMILES string of the molecule is CC(C)c1ccc(N(C)CC2(C(=O)O)CCC2)cc1. The standard InChI is InChI=1S/C16H23NO2/c1-12(2)13-5-7-14(8-6-13)17(3)11-16(15(18)19)9-4-10-16/h5-8,12H,4,9-11H2,1-3H3,(H,18,19). The molecule has 1 aromatic rings. The van der Waals surface area contributed by atoms with Gasteiger partial charge >= 0.3 is 5.97 Å². The summed E-state index contributed by atoms with van der Waals surface area (Å²) in [5.41, 5.74) is 1.89. The van der Waals surface area contributed by atoms with Crippen LogP contribution in [0.3, 0.4) is 0 Å². The molecule has 0 radical (unpaired) electrons. The van der Waals surface area contributed by atoms with Crippen molar-refractivity contribution in [2.24, 2.45) is 5.41 Å². The average molecular weight is 261 g/mol. The molecule has 1 saturated carbocycles. The third kappa shape index (κ3) is 2.75. The van der Waals surface area contributed by atoms with Crippen LogP contribution in [0.5, 0.6) is 0 Å². The molecular formula is C16H23NO2. The highest BCUT2D eigenvalue weighted by molar-refractivity contribution is 5.76. The summed E-state index contributed by atoms with van der Waals surface area (Å²) in [6, 6.07) is 8.43. The summed E-state index contributed by atoms with van der Waals surface area (Å²) in [7, 11) is 1.98. The van der Waals surface area contributed by atoms with Crippen LogP contribution in [0.1, 0.15) is 44.6 Å². The van der Waals surface area contributed by atoms with Crippen molar-refractivity contribution >= 4 is 11.7 Å². The van der Waals surface area contributed by atoms with Gasteiger partial charge in [0.05, 0.1) is 5.41 Å². The minimum atomic E-state index is -0.649. The molecule has 0 unspecified atom stereocenters. The second-order valence-corrected chi connectivity index (χ2v) is 6.04. The monoisotopic (exact) mass is 261 g/mol. The summed E-state index contributed by atoms with van der Waals surface area (Å²) < 4.78 is 0. The Bertz CT molecular complexity index is 446. The maximum atomic E-state index is 11.4. The molecule has 3 nitrogen and oxygen atoms in total. The van der Waals surface area contributed by atoms with Crippen LogP contribution in [0.25, 0.3) is 0 Å². The van der Waals surface area contributed by atoms with Crippen molar-refractivity contribution in [3.05, 3.63) is 29.8 Å². The fraction of sp³-hybridized carbons (Fsp3) is 0.562. The van der Waals surface area contributed by atoms with Crippen molar-refractivity contribution in [2.45, 2.75) is 39.0 Å². The lowest BCUT2D eigenvalue weighted by Gasteiger charge is -2.41. The van der Waals surface area contributed by atoms with Gasteiger partial charge in [0.1, 0.15) is 0 Å². The smallest absolute Gasteiger partial charge is 0.311 e. The molecule has 0 bridgehead atoms. The van der Waals surface area contributed by atoms with Gasteiger partial charge in [-0.3, -0.25) is 4.79 Å². The Morgan fingerprint density at radius 3 is 2.26 bits per heavy atom. The van der Waals surface area contributed by atoms with E-state index < -0.39 is 11.4 Å². The molecule has 0 spiro atoms. The fourth-order valence-electron chi connectivity index (χ4n) is 2.70. The lowest BCUT2D eigenvalue weighted by Crippen LogP contribution is -2.46. The first kappa shape index (κ1) is 13.9. The van der Waals surface area contributed by atoms with E-state index in [4.69, 9.17) is 0 Å². The number of anilines is 1. The molecule has 0 heterocycles. The van der Waals surface area contributed by atoms with Crippen LogP contribution in [0.4, 0.5) is 5.69 Å². The van der Waals surface area contributed by atoms with E-state index in [1.807, 2.05) is 7.05 Å². The van der Waals surface area contributed by atoms with Crippen LogP contribution in [-0.4, -0.2) is 24.7 Å². The summed E-state index contributed by atoms with van der Waals surface area (Å²) in [5, 5.41) is 9.37. The van der Waals surface area contributed by atoms with Gasteiger partial charge < -0.3 is 10.0 Å². The van der Waals surface area contributed by atoms with Gasteiger partial charge in [-0.15, -0.1) is 0 Å². The quantitative estimate of drug-likeness (QED) is 0.882. The number of rotatable bonds is 5. The number of nitrogens with zero attached hydrogens (tertiary/aromatic N) is 1. The second kappa shape index (κ2) is 5.24. The lowest BCUT2D eigenvalue weighted by atomic mass is 9.68. The Kier molecular flexibility index (Phi) is 3.83. The molecular weight excluding hydrogens is 238 g/mol. The third-order valence-electron chi connectivity index (χ3n) is 4.30. The topological polar surface area (TPSA) is 40.5 Å². The van der Waals surface area contributed by atoms with Gasteiger partial charge in [-0.1, -0.05) is 32.4 Å². The lowest BCUT2D eigenvalue weighted by molar-refractivity contribution is -0.153. The molecule has 1 fully saturated rings. The molecule has 0 aliphatic heterocycles. The number of benzene rings is 1. The Morgan fingerprint density at radius 1 is 1.32 bits per heavy atom. The minimum Gasteiger partial charge on any atom is -0.481 e. The average Bonchev–Trinajstić information content (AvgIpc) is 2.33. The van der Waals surface area contributed by atoms with Crippen LogP contribution < -0.4 is 4.90 Å². The normalized spacial score (nSPS) is 17.1. The number of hydrogen-bond acceptors (Lipinski definition) is 2. The molecule has 3 heteroatoms. The van der Waals surface area contributed by atoms with Gasteiger partial charge in [0.25, 0.3) is 0 Å². The van der Waals surface area contributed by atoms with Crippen LogP contribution in [0, 0.1) is 5.41 Å². The molecule has 0 saturated heterocycles. The number of aliphatic carboxylic acids is 1. The Hall–Kier alpha value is -1.51. The van der Waals surface area contributed by atoms with E-state index in [1.54, 1.807) is 0 Å². The zero-order valence-corrected chi connectivity index (χ0v) is 12.0. The molecule has 1 aromatic carbocycles. The van der Waals surface area contributed by atoms with Gasteiger partial charge in [-0.05, 0) is 36.5 Å². The number of carboxylic acids is 1. The van der Waals surface area contributed by atoms with E-state index >= 15 is 0 Å². The van der Waals surface area contributed by atoms with E-state index in [0.717, 1.165) is 24.9 Å². The van der Waals surface area contributed by atoms with E-state index in [2.05, 4.69) is 43.0 Å². The van der Waals surface area contributed by atoms with Crippen molar-refractivity contribution in [3.63, 3.8) is 0 Å². The van der Waals surface area contributed by atoms with E-state index in [0.29, 0.717) is 12.5 Å². The Balaban J connectivity index is 2.07. The molecule has 19 heavy (non-hydrogen) atoms. The van der Waals surface area contributed by atoms with Crippen molar-refractivity contribution < 1.29 is 9.90 Å². The van der Waals surface area contributed by atoms with Gasteiger partial charge in [0.15, 0.2) is 0 Å². The summed E-state index contributed by atoms with van der Waals surface area (Å²) in [5.74, 6) is -0.124. The van der Waals surface area contributed by atoms with E-state index in [-0.39, 0.29) is 0 Å². The van der Waals surface area contributed by atoms with Crippen molar-refractivity contribution in [1.29, 1.82) is 0 Å². The maximum absolute atomic E-state index is 11.4. The van der Waals surface area contributed by atoms with Crippen molar-refractivity contribution in [3.8, 4) is 0 Å². The first-order valence-corrected chi connectivity index (χ1v) is 6.99. The van der Waals surface area contributed by atoms with Gasteiger partial charge in [0, 0.05) is 19.3 Å². The largest absolute Gasteiger partial charge is 0.481 e. The van der Waals surface area contributed by atoms with E-state index in [1.165, 1.54) is 5.56 Å². The minimum absolute atomic E-state index is 0.522. The molecule has 1 N–H and O–H groups in total. The second-order valence-electron chi connectivity index (χ2n) is 6.04. The highest BCUT2D eigenvalue weighted by Gasteiger charge is 2.45. The number of carbonyl (C=O) groups is 1. The predicted octanol–water partition coefficient (Wildman–Crippen LogP) is 3.50. The Morgan fingerprint density at radius 2 is 1.89 bits per heavy atom. The van der Waals surface area contributed by atoms with Crippen LogP contribution in [0.2, 0.25) is 0 Å². The van der Waals surface area contributed by atoms with Crippen molar-refractivity contribution in [2.75, 3.05) is 18.5 Å². The van der Waals surface area contributed by atoms with Crippen LogP contribution in [-0.2, 0) is 4.79 Å². The van der Waals surface area contributed by atoms with E-state index in [9.17, 15) is 9.90 Å². The zero-order chi connectivity index (χ0) is 14.0. The summed E-state index contributed by atoms with van der Waals surface area (Å²) in [6.45, 7) is 4.95. The van der Waals surface area contributed by atoms with Gasteiger partial charge in [-0.2, -0.15) is 0 Å². The summed E-state index contributed by atoms with van der Waals surface area (Å²) in [6.07, 6.45) is 2.64. The maximum Gasteiger partial charge on any atom is 0.311 e. The fourth-order valence-corrected chi connectivity index (χ4v) is 2.70. The van der Waals surface area contributed by atoms with Crippen molar-refractivity contribution in [1.82, 2.24) is 0 Å². The molecule has 1 aliphatic rings. The molecule has 2 rings (SSSR count). The molecule has 0 atom stereocenters. The highest BCUT2D eigenvalue weighted by Crippen LogP contribution is 2.42. The van der Waals surface area contributed by atoms with Crippen LogP contribution >= 0.6 is 0 Å². The summed E-state index contributed by atoms with van der Waals surface area (Å²) in [4.78, 5) is 13.5. The summed E-state index contributed by atoms with van der Waals surface area (Å²) >= 11 is 0. The third-order valence-corrected chi connectivity index (χ3v) is 4.30. The highest BCUT2D eigenvalue weighted by atomic mass is 16.4. The molecule has 0 amide bonds. The molecule has 1 aliphatic carbocycles. The molecule has 104 valence electrons. The molecule has 0 aromatic heterocycles. The predicted molar refractivity (Wildman–Crippen MR) is 77.7 cm³/mol. The van der Waals surface area contributed by atoms with Gasteiger partial charge in [-0.25, -0.2) is 0 Å². The Labute approximate surface area is 115 Å². The number of carboxylic acid groups (broad SMARTS) is 1. The zero-order valence-electron chi connectivity index (χ0n) is 12.0. The first-order chi connectivity index (χ1) is 8.94. The van der Waals surface area contributed by atoms with Gasteiger partial charge in [0.2, 0.25) is 0 Å². The van der Waals surface area contributed by atoms with Crippen LogP contribution in [0.15, 0.2) is 24.3 Å². The first-order valence-electron chi connectivity index (χ1n) is 6.99. The number of hydrogen-bond donors (Lipinski definition) is 1.